The third kappa shape index (κ3) is 6.33. The predicted octanol–water partition coefficient (Wildman–Crippen LogP) is 1.82. The summed E-state index contributed by atoms with van der Waals surface area (Å²) in [6.45, 7) is 3.04. The molecule has 110 valence electrons. The summed E-state index contributed by atoms with van der Waals surface area (Å²) in [5.74, 6) is -0.547. The number of nitrogens with two attached hydrogens (primary N) is 1. The quantitative estimate of drug-likeness (QED) is 0.666. The summed E-state index contributed by atoms with van der Waals surface area (Å²) in [5, 5.41) is 2.85. The minimum absolute atomic E-state index is 0.110. The van der Waals surface area contributed by atoms with Crippen LogP contribution in [0.4, 0.5) is 5.69 Å². The van der Waals surface area contributed by atoms with Gasteiger partial charge in [0.2, 0.25) is 11.8 Å². The van der Waals surface area contributed by atoms with E-state index in [1.54, 1.807) is 4.90 Å². The molecule has 0 aliphatic heterocycles. The number of para-hydroxylation sites is 1. The molecule has 1 aromatic rings. The molecule has 5 nitrogen and oxygen atoms in total. The Morgan fingerprint density at radius 3 is 2.60 bits per heavy atom. The fourth-order valence-electron chi connectivity index (χ4n) is 1.77. The van der Waals surface area contributed by atoms with Gasteiger partial charge in [-0.1, -0.05) is 25.5 Å². The summed E-state index contributed by atoms with van der Waals surface area (Å²) in [6, 6.07) is 7.56. The number of anilines is 1. The fraction of sp³-hybridized carbons (Fsp3) is 0.429. The second kappa shape index (κ2) is 8.91. The molecule has 0 atom stereocenters. The van der Waals surface area contributed by atoms with Crippen molar-refractivity contribution < 1.29 is 9.59 Å². The molecule has 0 saturated carbocycles. The van der Waals surface area contributed by atoms with E-state index in [0.29, 0.717) is 6.54 Å². The molecule has 0 fully saturated rings. The zero-order valence-electron chi connectivity index (χ0n) is 11.6. The predicted molar refractivity (Wildman–Crippen MR) is 88.3 cm³/mol. The van der Waals surface area contributed by atoms with Crippen molar-refractivity contribution in [3.8, 4) is 0 Å². The molecule has 6 heteroatoms. The van der Waals surface area contributed by atoms with E-state index in [4.69, 9.17) is 5.73 Å². The Labute approximate surface area is 133 Å². The third-order valence-electron chi connectivity index (χ3n) is 2.72. The van der Waals surface area contributed by atoms with Gasteiger partial charge in [-0.05, 0) is 47.7 Å². The Morgan fingerprint density at radius 1 is 1.30 bits per heavy atom. The lowest BCUT2D eigenvalue weighted by Gasteiger charge is -2.20. The van der Waals surface area contributed by atoms with E-state index in [0.717, 1.165) is 22.1 Å². The largest absolute Gasteiger partial charge is 0.369 e. The molecule has 0 heterocycles. The van der Waals surface area contributed by atoms with Gasteiger partial charge in [0.05, 0.1) is 18.8 Å². The van der Waals surface area contributed by atoms with Crippen molar-refractivity contribution in [3.63, 3.8) is 0 Å². The molecule has 0 radical (unpaired) electrons. The average molecular weight is 389 g/mol. The zero-order valence-corrected chi connectivity index (χ0v) is 13.7. The van der Waals surface area contributed by atoms with Crippen molar-refractivity contribution in [2.24, 2.45) is 5.73 Å². The van der Waals surface area contributed by atoms with Crippen LogP contribution in [-0.4, -0.2) is 36.3 Å². The van der Waals surface area contributed by atoms with Crippen LogP contribution in [0.25, 0.3) is 0 Å². The van der Waals surface area contributed by atoms with Gasteiger partial charge in [-0.3, -0.25) is 14.5 Å². The maximum atomic E-state index is 12.0. The van der Waals surface area contributed by atoms with E-state index >= 15 is 0 Å². The number of carbonyl (C=O) groups excluding carboxylic acids is 2. The number of hydrogen-bond donors (Lipinski definition) is 2. The minimum atomic E-state index is -0.414. The maximum Gasteiger partial charge on any atom is 0.238 e. The van der Waals surface area contributed by atoms with Crippen molar-refractivity contribution in [1.82, 2.24) is 4.90 Å². The highest BCUT2D eigenvalue weighted by Crippen LogP contribution is 2.16. The molecular formula is C14H20IN3O2. The van der Waals surface area contributed by atoms with E-state index in [2.05, 4.69) is 34.8 Å². The molecular weight excluding hydrogens is 369 g/mol. The van der Waals surface area contributed by atoms with Crippen molar-refractivity contribution in [1.29, 1.82) is 0 Å². The van der Waals surface area contributed by atoms with Crippen LogP contribution in [0.15, 0.2) is 24.3 Å². The first-order valence-electron chi connectivity index (χ1n) is 6.58. The molecule has 20 heavy (non-hydrogen) atoms. The first kappa shape index (κ1) is 16.9. The van der Waals surface area contributed by atoms with Crippen LogP contribution in [0.1, 0.15) is 19.8 Å². The molecule has 0 aliphatic carbocycles. The van der Waals surface area contributed by atoms with Crippen LogP contribution < -0.4 is 11.1 Å². The molecule has 1 aromatic carbocycles. The van der Waals surface area contributed by atoms with Crippen LogP contribution in [0.2, 0.25) is 0 Å². The number of amides is 2. The van der Waals surface area contributed by atoms with Crippen LogP contribution in [0.5, 0.6) is 0 Å². The van der Waals surface area contributed by atoms with Gasteiger partial charge in [-0.15, -0.1) is 0 Å². The number of nitrogens with one attached hydrogen (secondary N) is 1. The van der Waals surface area contributed by atoms with Crippen molar-refractivity contribution in [3.05, 3.63) is 27.8 Å². The number of unbranched alkanes of at least 4 members (excludes halogenated alkanes) is 1. The highest BCUT2D eigenvalue weighted by atomic mass is 127. The maximum absolute atomic E-state index is 12.0. The Kier molecular flexibility index (Phi) is 7.53. The molecule has 2 amide bonds. The van der Waals surface area contributed by atoms with Crippen LogP contribution in [-0.2, 0) is 9.59 Å². The summed E-state index contributed by atoms with van der Waals surface area (Å²) in [4.78, 5) is 24.8. The average Bonchev–Trinajstić information content (AvgIpc) is 2.38. The van der Waals surface area contributed by atoms with E-state index in [-0.39, 0.29) is 19.0 Å². The van der Waals surface area contributed by atoms with Gasteiger partial charge in [0.25, 0.3) is 0 Å². The smallest absolute Gasteiger partial charge is 0.238 e. The summed E-state index contributed by atoms with van der Waals surface area (Å²) in [5.41, 5.74) is 5.99. The molecule has 1 rings (SSSR count). The highest BCUT2D eigenvalue weighted by molar-refractivity contribution is 14.1. The molecule has 0 unspecified atom stereocenters. The highest BCUT2D eigenvalue weighted by Gasteiger charge is 2.13. The lowest BCUT2D eigenvalue weighted by Crippen LogP contribution is -2.39. The Bertz CT molecular complexity index is 465. The normalized spacial score (nSPS) is 10.6. The monoisotopic (exact) mass is 389 g/mol. The second-order valence-corrected chi connectivity index (χ2v) is 5.72. The SMILES string of the molecule is CCCCN(CC(N)=O)CC(=O)Nc1ccccc1I. The van der Waals surface area contributed by atoms with Crippen molar-refractivity contribution in [2.45, 2.75) is 19.8 Å². The van der Waals surface area contributed by atoms with Gasteiger partial charge in [-0.2, -0.15) is 0 Å². The third-order valence-corrected chi connectivity index (χ3v) is 3.66. The first-order valence-corrected chi connectivity index (χ1v) is 7.65. The Morgan fingerprint density at radius 2 is 2.00 bits per heavy atom. The lowest BCUT2D eigenvalue weighted by molar-refractivity contribution is -0.121. The Hall–Kier alpha value is -1.15. The number of halogens is 1. The van der Waals surface area contributed by atoms with Gasteiger partial charge in [0, 0.05) is 3.57 Å². The van der Waals surface area contributed by atoms with E-state index in [1.807, 2.05) is 24.3 Å². The van der Waals surface area contributed by atoms with Gasteiger partial charge >= 0.3 is 0 Å². The first-order chi connectivity index (χ1) is 9.52. The van der Waals surface area contributed by atoms with E-state index in [1.165, 1.54) is 0 Å². The molecule has 0 aromatic heterocycles. The molecule has 0 saturated heterocycles. The van der Waals surface area contributed by atoms with E-state index in [9.17, 15) is 9.59 Å². The fourth-order valence-corrected chi connectivity index (χ4v) is 2.29. The summed E-state index contributed by atoms with van der Waals surface area (Å²) in [6.07, 6.45) is 1.94. The molecule has 0 spiro atoms. The molecule has 0 bridgehead atoms. The standard InChI is InChI=1S/C14H20IN3O2/c1-2-3-8-18(9-13(16)19)10-14(20)17-12-7-5-4-6-11(12)15/h4-7H,2-3,8-10H2,1H3,(H2,16,19)(H,17,20). The van der Waals surface area contributed by atoms with Crippen LogP contribution in [0.3, 0.4) is 0 Å². The van der Waals surface area contributed by atoms with E-state index < -0.39 is 5.91 Å². The number of hydrogen-bond acceptors (Lipinski definition) is 3. The summed E-state index contributed by atoms with van der Waals surface area (Å²) in [7, 11) is 0. The number of rotatable bonds is 8. The van der Waals surface area contributed by atoms with Crippen LogP contribution in [0, 0.1) is 3.57 Å². The number of benzene rings is 1. The number of primary amides is 1. The van der Waals surface area contributed by atoms with Crippen molar-refractivity contribution >= 4 is 40.1 Å². The van der Waals surface area contributed by atoms with Gasteiger partial charge in [0.15, 0.2) is 0 Å². The molecule has 0 aliphatic rings. The minimum Gasteiger partial charge on any atom is -0.369 e. The number of nitrogens with zero attached hydrogens (tertiary/aromatic N) is 1. The van der Waals surface area contributed by atoms with Crippen molar-refractivity contribution in [2.75, 3.05) is 25.0 Å². The summed E-state index contributed by atoms with van der Waals surface area (Å²) >= 11 is 2.17. The van der Waals surface area contributed by atoms with Gasteiger partial charge < -0.3 is 11.1 Å². The van der Waals surface area contributed by atoms with Gasteiger partial charge in [-0.25, -0.2) is 0 Å². The topological polar surface area (TPSA) is 75.4 Å². The summed E-state index contributed by atoms with van der Waals surface area (Å²) < 4.78 is 0.980. The number of carbonyl (C=O) groups is 2. The lowest BCUT2D eigenvalue weighted by atomic mass is 10.3. The Balaban J connectivity index is 2.56. The van der Waals surface area contributed by atoms with Gasteiger partial charge in [0.1, 0.15) is 0 Å². The second-order valence-electron chi connectivity index (χ2n) is 4.56. The zero-order chi connectivity index (χ0) is 15.0. The molecule has 3 N–H and O–H groups in total. The van der Waals surface area contributed by atoms with Crippen LogP contribution >= 0.6 is 22.6 Å².